The topological polar surface area (TPSA) is 83.7 Å². The summed E-state index contributed by atoms with van der Waals surface area (Å²) in [6, 6.07) is 5.07. The Hall–Kier alpha value is -1.44. The Morgan fingerprint density at radius 1 is 1.25 bits per heavy atom. The lowest BCUT2D eigenvalue weighted by Gasteiger charge is -2.20. The van der Waals surface area contributed by atoms with E-state index < -0.39 is 10.0 Å². The van der Waals surface area contributed by atoms with Gasteiger partial charge in [0.1, 0.15) is 0 Å². The highest BCUT2D eigenvalue weighted by atomic mass is 32.2. The van der Waals surface area contributed by atoms with Crippen molar-refractivity contribution in [1.29, 1.82) is 0 Å². The SMILES string of the molecule is Cc1ccc(CN)cc1S(=O)(=O)N(C)CC(=O)N(C)C. The van der Waals surface area contributed by atoms with Gasteiger partial charge in [0.25, 0.3) is 0 Å². The Balaban J connectivity index is 3.13. The van der Waals surface area contributed by atoms with Gasteiger partial charge in [-0.25, -0.2) is 8.42 Å². The predicted octanol–water partition coefficient (Wildman–Crippen LogP) is 0.162. The van der Waals surface area contributed by atoms with Crippen molar-refractivity contribution in [2.45, 2.75) is 18.4 Å². The summed E-state index contributed by atoms with van der Waals surface area (Å²) in [5.74, 6) is -0.274. The van der Waals surface area contributed by atoms with Crippen LogP contribution in [-0.4, -0.2) is 51.2 Å². The number of hydrogen-bond acceptors (Lipinski definition) is 4. The maximum Gasteiger partial charge on any atom is 0.243 e. The summed E-state index contributed by atoms with van der Waals surface area (Å²) in [5.41, 5.74) is 6.91. The van der Waals surface area contributed by atoms with Crippen LogP contribution in [0.25, 0.3) is 0 Å². The fraction of sp³-hybridized carbons (Fsp3) is 0.462. The Morgan fingerprint density at radius 2 is 1.85 bits per heavy atom. The third-order valence-electron chi connectivity index (χ3n) is 3.03. The van der Waals surface area contributed by atoms with Crippen LogP contribution in [0.4, 0.5) is 0 Å². The summed E-state index contributed by atoms with van der Waals surface area (Å²) < 4.78 is 26.0. The van der Waals surface area contributed by atoms with E-state index in [-0.39, 0.29) is 23.9 Å². The van der Waals surface area contributed by atoms with Crippen LogP contribution in [0.2, 0.25) is 0 Å². The van der Waals surface area contributed by atoms with Crippen LogP contribution >= 0.6 is 0 Å². The molecule has 1 rings (SSSR count). The molecule has 0 aliphatic carbocycles. The molecule has 0 heterocycles. The first-order chi connectivity index (χ1) is 9.20. The average Bonchev–Trinajstić information content (AvgIpc) is 2.38. The fourth-order valence-corrected chi connectivity index (χ4v) is 3.03. The van der Waals surface area contributed by atoms with Crippen molar-refractivity contribution < 1.29 is 13.2 Å². The summed E-state index contributed by atoms with van der Waals surface area (Å²) in [6.07, 6.45) is 0. The zero-order valence-electron chi connectivity index (χ0n) is 12.3. The maximum atomic E-state index is 12.5. The molecule has 20 heavy (non-hydrogen) atoms. The van der Waals surface area contributed by atoms with Gasteiger partial charge in [-0.1, -0.05) is 12.1 Å². The summed E-state index contributed by atoms with van der Waals surface area (Å²) in [7, 11) is 0.866. The van der Waals surface area contributed by atoms with E-state index in [2.05, 4.69) is 0 Å². The molecule has 0 aliphatic rings. The van der Waals surface area contributed by atoms with Crippen LogP contribution in [-0.2, 0) is 21.4 Å². The molecule has 7 heteroatoms. The van der Waals surface area contributed by atoms with Gasteiger partial charge in [-0.15, -0.1) is 0 Å². The van der Waals surface area contributed by atoms with Crippen LogP contribution in [0.5, 0.6) is 0 Å². The molecule has 0 radical (unpaired) electrons. The van der Waals surface area contributed by atoms with Crippen LogP contribution in [0.15, 0.2) is 23.1 Å². The van der Waals surface area contributed by atoms with Crippen molar-refractivity contribution in [3.63, 3.8) is 0 Å². The van der Waals surface area contributed by atoms with Crippen LogP contribution in [0.1, 0.15) is 11.1 Å². The van der Waals surface area contributed by atoms with E-state index in [9.17, 15) is 13.2 Å². The molecular weight excluding hydrogens is 278 g/mol. The number of aryl methyl sites for hydroxylation is 1. The van der Waals surface area contributed by atoms with E-state index >= 15 is 0 Å². The highest BCUT2D eigenvalue weighted by Crippen LogP contribution is 2.20. The monoisotopic (exact) mass is 299 g/mol. The zero-order valence-corrected chi connectivity index (χ0v) is 13.1. The molecule has 0 aromatic heterocycles. The van der Waals surface area contributed by atoms with Crippen LogP contribution in [0.3, 0.4) is 0 Å². The molecule has 0 spiro atoms. The van der Waals surface area contributed by atoms with Gasteiger partial charge in [-0.3, -0.25) is 4.79 Å². The molecule has 2 N–H and O–H groups in total. The van der Waals surface area contributed by atoms with Crippen molar-refractivity contribution >= 4 is 15.9 Å². The van der Waals surface area contributed by atoms with Gasteiger partial charge in [0.2, 0.25) is 15.9 Å². The second-order valence-electron chi connectivity index (χ2n) is 4.85. The number of benzene rings is 1. The Morgan fingerprint density at radius 3 is 2.35 bits per heavy atom. The second-order valence-corrected chi connectivity index (χ2v) is 6.87. The smallest absolute Gasteiger partial charge is 0.243 e. The van der Waals surface area contributed by atoms with Gasteiger partial charge in [0, 0.05) is 27.7 Å². The molecule has 0 unspecified atom stereocenters. The normalized spacial score (nSPS) is 11.7. The summed E-state index contributed by atoms with van der Waals surface area (Å²) in [4.78, 5) is 13.2. The van der Waals surface area contributed by atoms with Crippen molar-refractivity contribution in [3.05, 3.63) is 29.3 Å². The Labute approximate surface area is 120 Å². The van der Waals surface area contributed by atoms with E-state index in [0.29, 0.717) is 5.56 Å². The predicted molar refractivity (Wildman–Crippen MR) is 77.6 cm³/mol. The number of rotatable bonds is 5. The lowest BCUT2D eigenvalue weighted by atomic mass is 10.1. The number of carbonyl (C=O) groups is 1. The van der Waals surface area contributed by atoms with Gasteiger partial charge < -0.3 is 10.6 Å². The lowest BCUT2D eigenvalue weighted by molar-refractivity contribution is -0.128. The number of nitrogens with two attached hydrogens (primary N) is 1. The van der Waals surface area contributed by atoms with E-state index in [0.717, 1.165) is 9.87 Å². The minimum Gasteiger partial charge on any atom is -0.348 e. The summed E-state index contributed by atoms with van der Waals surface area (Å²) in [6.45, 7) is 1.79. The molecule has 0 fully saturated rings. The number of likely N-dealkylation sites (N-methyl/N-ethyl adjacent to an activating group) is 2. The van der Waals surface area contributed by atoms with Gasteiger partial charge >= 0.3 is 0 Å². The first-order valence-electron chi connectivity index (χ1n) is 6.16. The summed E-state index contributed by atoms with van der Waals surface area (Å²) >= 11 is 0. The number of sulfonamides is 1. The molecule has 0 aliphatic heterocycles. The lowest BCUT2D eigenvalue weighted by Crippen LogP contribution is -2.38. The van der Waals surface area contributed by atoms with Crippen LogP contribution in [0, 0.1) is 6.92 Å². The first kappa shape index (κ1) is 16.6. The highest BCUT2D eigenvalue weighted by Gasteiger charge is 2.25. The molecule has 1 amide bonds. The standard InChI is InChI=1S/C13H21N3O3S/c1-10-5-6-11(8-14)7-12(10)20(18,19)16(4)9-13(17)15(2)3/h5-7H,8-9,14H2,1-4H3. The molecule has 6 nitrogen and oxygen atoms in total. The highest BCUT2D eigenvalue weighted by molar-refractivity contribution is 7.89. The molecule has 0 atom stereocenters. The third-order valence-corrected chi connectivity index (χ3v) is 4.98. The van der Waals surface area contributed by atoms with E-state index in [1.165, 1.54) is 11.9 Å². The summed E-state index contributed by atoms with van der Waals surface area (Å²) in [5, 5.41) is 0. The largest absolute Gasteiger partial charge is 0.348 e. The molecule has 1 aromatic rings. The minimum absolute atomic E-state index is 0.189. The number of carbonyl (C=O) groups excluding carboxylic acids is 1. The van der Waals surface area contributed by atoms with Gasteiger partial charge in [-0.05, 0) is 24.1 Å². The quantitative estimate of drug-likeness (QED) is 0.839. The number of amides is 1. The Bertz CT molecular complexity index is 597. The van der Waals surface area contributed by atoms with Crippen molar-refractivity contribution in [2.24, 2.45) is 5.73 Å². The number of hydrogen-bond donors (Lipinski definition) is 1. The second kappa shape index (κ2) is 6.34. The van der Waals surface area contributed by atoms with Crippen molar-refractivity contribution in [3.8, 4) is 0 Å². The molecule has 112 valence electrons. The molecule has 0 saturated heterocycles. The molecular formula is C13H21N3O3S. The number of nitrogens with zero attached hydrogens (tertiary/aromatic N) is 2. The van der Waals surface area contributed by atoms with Crippen molar-refractivity contribution in [1.82, 2.24) is 9.21 Å². The molecule has 1 aromatic carbocycles. The Kier molecular flexibility index (Phi) is 5.27. The van der Waals surface area contributed by atoms with E-state index in [4.69, 9.17) is 5.73 Å². The average molecular weight is 299 g/mol. The molecule has 0 bridgehead atoms. The van der Waals surface area contributed by atoms with Gasteiger partial charge in [0.15, 0.2) is 0 Å². The maximum absolute atomic E-state index is 12.5. The third kappa shape index (κ3) is 3.56. The molecule has 0 saturated carbocycles. The van der Waals surface area contributed by atoms with E-state index in [1.807, 2.05) is 0 Å². The van der Waals surface area contributed by atoms with E-state index in [1.54, 1.807) is 39.2 Å². The zero-order chi connectivity index (χ0) is 15.5. The van der Waals surface area contributed by atoms with Gasteiger partial charge in [-0.2, -0.15) is 4.31 Å². The van der Waals surface area contributed by atoms with Crippen molar-refractivity contribution in [2.75, 3.05) is 27.7 Å². The fourth-order valence-electron chi connectivity index (χ4n) is 1.63. The van der Waals surface area contributed by atoms with Crippen LogP contribution < -0.4 is 5.73 Å². The van der Waals surface area contributed by atoms with Gasteiger partial charge in [0.05, 0.1) is 11.4 Å². The first-order valence-corrected chi connectivity index (χ1v) is 7.60. The minimum atomic E-state index is -3.70.